The molecule has 5 aliphatic rings. The smallest absolute Gasteiger partial charge is 0.336 e. The zero-order valence-electron chi connectivity index (χ0n) is 32.9. The Bertz CT molecular complexity index is 1830. The van der Waals surface area contributed by atoms with E-state index in [4.69, 9.17) is 28.4 Å². The van der Waals surface area contributed by atoms with Crippen molar-refractivity contribution in [3.8, 4) is 5.75 Å². The van der Waals surface area contributed by atoms with Crippen molar-refractivity contribution >= 4 is 29.5 Å². The molecule has 2 saturated heterocycles. The van der Waals surface area contributed by atoms with Gasteiger partial charge in [-0.1, -0.05) is 63.2 Å². The average Bonchev–Trinajstić information content (AvgIpc) is 3.61. The minimum atomic E-state index is -1.67. The normalized spacial score (nSPS) is 39.2. The van der Waals surface area contributed by atoms with Gasteiger partial charge in [-0.2, -0.15) is 0 Å². The molecule has 4 fully saturated rings. The van der Waals surface area contributed by atoms with Gasteiger partial charge in [0.2, 0.25) is 0 Å². The lowest BCUT2D eigenvalue weighted by molar-refractivity contribution is -0.338. The number of methoxy groups -OCH3 is 1. The molecule has 0 amide bonds. The van der Waals surface area contributed by atoms with Crippen LogP contribution in [0, 0.1) is 22.7 Å². The van der Waals surface area contributed by atoms with Gasteiger partial charge >= 0.3 is 11.9 Å². The van der Waals surface area contributed by atoms with Gasteiger partial charge in [0.25, 0.3) is 0 Å². The Morgan fingerprint density at radius 2 is 1.67 bits per heavy atom. The number of hydrogen-bond donors (Lipinski definition) is 2. The van der Waals surface area contributed by atoms with Gasteiger partial charge in [0, 0.05) is 37.0 Å². The average molecular weight is 779 g/mol. The van der Waals surface area contributed by atoms with E-state index in [0.29, 0.717) is 29.3 Å². The number of Topliss-reactive ketones (excluding diaryl/α,β-unsaturated/α-hetero) is 1. The largest absolute Gasteiger partial charge is 0.497 e. The number of carbonyl (C=O) groups excluding carboxylic acids is 3. The number of hydrogen-bond acceptors (Lipinski definition) is 12. The van der Waals surface area contributed by atoms with Crippen molar-refractivity contribution in [1.29, 1.82) is 0 Å². The van der Waals surface area contributed by atoms with Crippen molar-refractivity contribution in [3.05, 3.63) is 76.9 Å². The first kappa shape index (κ1) is 40.0. The molecule has 2 heterocycles. The molecule has 7 rings (SSSR count). The van der Waals surface area contributed by atoms with Crippen LogP contribution >= 0.6 is 11.8 Å². The minimum absolute atomic E-state index is 0.0189. The molecule has 2 aliphatic heterocycles. The first-order chi connectivity index (χ1) is 26.0. The Hall–Kier alpha value is -3.26. The van der Waals surface area contributed by atoms with Gasteiger partial charge in [-0.25, -0.2) is 4.79 Å². The molecule has 2 N–H and O–H groups in total. The zero-order chi connectivity index (χ0) is 39.7. The molecule has 2 saturated carbocycles. The first-order valence-corrected chi connectivity index (χ1v) is 20.6. The number of aliphatic hydroxyl groups is 2. The highest BCUT2D eigenvalue weighted by atomic mass is 32.2. The predicted octanol–water partition coefficient (Wildman–Crippen LogP) is 5.71. The lowest BCUT2D eigenvalue weighted by Crippen LogP contribution is -2.79. The molecule has 8 unspecified atom stereocenters. The summed E-state index contributed by atoms with van der Waals surface area (Å²) < 4.78 is 36.6. The standard InChI is InChI=1S/C43H54O11S/c1-23-31(54-39(46)35-29(26-12-10-9-11-13-26)18-30(53-35)27-14-16-28(49-7)17-15-27)20-43(48)24(2)37-41(6,32(51-22-55-8)19-33-42(37,47)21-50-33)38(45)36(52-25(3)44)34(23)40(43,4)5/h9-17,24,29-33,35-37,47-48H,18-22H2,1-8H3/t24?,29-,30-,31?,32?,33?,35?,36?,37?,41+,42-,43?/m0/s1. The van der Waals surface area contributed by atoms with Crippen LogP contribution in [0.25, 0.3) is 0 Å². The minimum Gasteiger partial charge on any atom is -0.497 e. The molecule has 11 nitrogen and oxygen atoms in total. The van der Waals surface area contributed by atoms with E-state index in [2.05, 4.69) is 0 Å². The Kier molecular flexibility index (Phi) is 10.6. The zero-order valence-corrected chi connectivity index (χ0v) is 33.7. The molecule has 2 aromatic carbocycles. The number of ether oxygens (including phenoxy) is 6. The van der Waals surface area contributed by atoms with E-state index >= 15 is 4.79 Å². The fourth-order valence-corrected chi connectivity index (χ4v) is 11.2. The van der Waals surface area contributed by atoms with E-state index in [9.17, 15) is 19.8 Å². The monoisotopic (exact) mass is 778 g/mol. The lowest BCUT2D eigenvalue weighted by Gasteiger charge is -2.67. The van der Waals surface area contributed by atoms with Gasteiger partial charge in [-0.15, -0.1) is 11.8 Å². The second-order valence-corrected chi connectivity index (χ2v) is 17.7. The molecule has 2 bridgehead atoms. The van der Waals surface area contributed by atoms with Crippen LogP contribution < -0.4 is 4.74 Å². The molecule has 298 valence electrons. The highest BCUT2D eigenvalue weighted by Crippen LogP contribution is 2.65. The Morgan fingerprint density at radius 3 is 2.27 bits per heavy atom. The highest BCUT2D eigenvalue weighted by Gasteiger charge is 2.75. The van der Waals surface area contributed by atoms with Crippen LogP contribution in [0.4, 0.5) is 0 Å². The summed E-state index contributed by atoms with van der Waals surface area (Å²) >= 11 is 1.46. The third-order valence-corrected chi connectivity index (χ3v) is 14.2. The number of carbonyl (C=O) groups is 3. The third-order valence-electron chi connectivity index (χ3n) is 13.8. The Morgan fingerprint density at radius 1 is 0.982 bits per heavy atom. The van der Waals surface area contributed by atoms with Gasteiger partial charge in [0.15, 0.2) is 18.0 Å². The number of fused-ring (bicyclic) bond motifs is 5. The van der Waals surface area contributed by atoms with E-state index in [1.54, 1.807) is 21.0 Å². The molecular formula is C43H54O11S. The molecule has 12 atom stereocenters. The van der Waals surface area contributed by atoms with Gasteiger partial charge < -0.3 is 38.6 Å². The second kappa shape index (κ2) is 14.6. The van der Waals surface area contributed by atoms with Gasteiger partial charge in [0.05, 0.1) is 49.0 Å². The summed E-state index contributed by atoms with van der Waals surface area (Å²) in [5.74, 6) is -2.64. The highest BCUT2D eigenvalue weighted by molar-refractivity contribution is 7.98. The summed E-state index contributed by atoms with van der Waals surface area (Å²) in [6, 6.07) is 17.3. The van der Waals surface area contributed by atoms with Crippen molar-refractivity contribution in [2.24, 2.45) is 22.7 Å². The summed E-state index contributed by atoms with van der Waals surface area (Å²) in [4.78, 5) is 42.8. The molecule has 2 aromatic rings. The number of esters is 2. The van der Waals surface area contributed by atoms with Crippen LogP contribution in [-0.4, -0.2) is 95.6 Å². The molecule has 12 heteroatoms. The van der Waals surface area contributed by atoms with Crippen LogP contribution in [0.3, 0.4) is 0 Å². The molecular weight excluding hydrogens is 725 g/mol. The van der Waals surface area contributed by atoms with Crippen molar-refractivity contribution in [1.82, 2.24) is 0 Å². The molecule has 3 aliphatic carbocycles. The summed E-state index contributed by atoms with van der Waals surface area (Å²) in [6.07, 6.45) is -2.49. The fraction of sp³-hybridized carbons (Fsp3) is 0.605. The van der Waals surface area contributed by atoms with E-state index in [0.717, 1.165) is 11.1 Å². The van der Waals surface area contributed by atoms with E-state index in [1.807, 2.05) is 81.6 Å². The van der Waals surface area contributed by atoms with E-state index < -0.39 is 88.2 Å². The second-order valence-electron chi connectivity index (χ2n) is 16.8. The fourth-order valence-electron chi connectivity index (χ4n) is 10.9. The Labute approximate surface area is 327 Å². The summed E-state index contributed by atoms with van der Waals surface area (Å²) in [6.45, 7) is 10.3. The maximum atomic E-state index is 15.3. The van der Waals surface area contributed by atoms with E-state index in [-0.39, 0.29) is 25.4 Å². The molecule has 0 radical (unpaired) electrons. The van der Waals surface area contributed by atoms with Crippen LogP contribution in [-0.2, 0) is 38.1 Å². The maximum Gasteiger partial charge on any atom is 0.336 e. The van der Waals surface area contributed by atoms with Crippen LogP contribution in [0.1, 0.15) is 84.0 Å². The van der Waals surface area contributed by atoms with Crippen molar-refractivity contribution in [2.45, 2.75) is 115 Å². The quantitative estimate of drug-likeness (QED) is 0.183. The third kappa shape index (κ3) is 6.26. The molecule has 0 aromatic heterocycles. The Balaban J connectivity index is 1.30. The van der Waals surface area contributed by atoms with Gasteiger partial charge in [-0.05, 0) is 66.8 Å². The molecule has 55 heavy (non-hydrogen) atoms. The van der Waals surface area contributed by atoms with Crippen molar-refractivity contribution in [3.63, 3.8) is 0 Å². The van der Waals surface area contributed by atoms with E-state index in [1.165, 1.54) is 18.7 Å². The number of rotatable bonds is 9. The number of benzene rings is 2. The number of ketones is 1. The summed E-state index contributed by atoms with van der Waals surface area (Å²) in [7, 11) is 1.60. The molecule has 0 spiro atoms. The first-order valence-electron chi connectivity index (χ1n) is 19.2. The topological polar surface area (TPSA) is 147 Å². The SMILES string of the molecule is COc1ccc([C@@H]2C[C@@H](c3ccccc3)C(C(=O)OC3CC4(O)C(C)C5[C@]6(O)COC6CC(OCSC)[C@@]5(C)C(=O)C(OC(C)=O)C(=C3C)C4(C)C)O2)cc1. The van der Waals surface area contributed by atoms with Crippen molar-refractivity contribution < 1.29 is 53.0 Å². The van der Waals surface area contributed by atoms with Gasteiger partial charge in [0.1, 0.15) is 17.5 Å². The summed E-state index contributed by atoms with van der Waals surface area (Å²) in [5.41, 5.74) is -2.96. The maximum absolute atomic E-state index is 15.3. The van der Waals surface area contributed by atoms with Crippen LogP contribution in [0.2, 0.25) is 0 Å². The lowest BCUT2D eigenvalue weighted by atomic mass is 9.42. The van der Waals surface area contributed by atoms with Crippen molar-refractivity contribution in [2.75, 3.05) is 25.9 Å². The van der Waals surface area contributed by atoms with Gasteiger partial charge in [-0.3, -0.25) is 9.59 Å². The predicted molar refractivity (Wildman–Crippen MR) is 204 cm³/mol. The number of thioether (sulfide) groups is 1. The van der Waals surface area contributed by atoms with Crippen LogP contribution in [0.15, 0.2) is 65.7 Å². The summed E-state index contributed by atoms with van der Waals surface area (Å²) in [5, 5.41) is 25.7. The van der Waals surface area contributed by atoms with Crippen LogP contribution in [0.5, 0.6) is 5.75 Å².